The molecule has 0 heterocycles. The number of ketones is 1. The molecule has 2 aliphatic rings. The first-order chi connectivity index (χ1) is 7.29. The highest BCUT2D eigenvalue weighted by atomic mass is 16.1. The van der Waals surface area contributed by atoms with Crippen molar-refractivity contribution < 1.29 is 4.79 Å². The molecule has 0 atom stereocenters. The first-order valence-electron chi connectivity index (χ1n) is 6.81. The summed E-state index contributed by atoms with van der Waals surface area (Å²) in [5, 5.41) is 0. The Hall–Kier alpha value is -0.330. The van der Waals surface area contributed by atoms with Gasteiger partial charge in [0.25, 0.3) is 0 Å². The van der Waals surface area contributed by atoms with Crippen LogP contribution in [0.15, 0.2) is 0 Å². The van der Waals surface area contributed by atoms with E-state index in [4.69, 9.17) is 0 Å². The molecule has 0 bridgehead atoms. The maximum absolute atomic E-state index is 11.2. The molecule has 1 nitrogen and oxygen atoms in total. The summed E-state index contributed by atoms with van der Waals surface area (Å²) in [4.78, 5) is 11.2. The Morgan fingerprint density at radius 1 is 0.933 bits per heavy atom. The first kappa shape index (κ1) is 11.2. The van der Waals surface area contributed by atoms with Crippen LogP contribution < -0.4 is 0 Å². The molecule has 0 spiro atoms. The van der Waals surface area contributed by atoms with Gasteiger partial charge in [0.15, 0.2) is 0 Å². The number of carbonyl (C=O) groups is 1. The standard InChI is InChI=1S/C14H24O/c1-2-11-3-5-12(6-4-11)13-7-9-14(15)10-8-13/h11-13H,2-10H2,1H3. The van der Waals surface area contributed by atoms with Gasteiger partial charge >= 0.3 is 0 Å². The zero-order chi connectivity index (χ0) is 10.7. The Balaban J connectivity index is 1.78. The predicted octanol–water partition coefficient (Wildman–Crippen LogP) is 3.96. The van der Waals surface area contributed by atoms with E-state index in [0.717, 1.165) is 30.6 Å². The Morgan fingerprint density at radius 3 is 2.00 bits per heavy atom. The third-order valence-corrected chi connectivity index (χ3v) is 4.72. The number of Topliss-reactive ketones (excluding diaryl/α,β-unsaturated/α-hetero) is 1. The quantitative estimate of drug-likeness (QED) is 0.671. The monoisotopic (exact) mass is 208 g/mol. The molecule has 0 aromatic carbocycles. The third-order valence-electron chi connectivity index (χ3n) is 4.72. The molecular formula is C14H24O. The highest BCUT2D eigenvalue weighted by molar-refractivity contribution is 5.79. The normalized spacial score (nSPS) is 34.3. The smallest absolute Gasteiger partial charge is 0.132 e. The van der Waals surface area contributed by atoms with Gasteiger partial charge in [-0.3, -0.25) is 4.79 Å². The molecule has 2 aliphatic carbocycles. The van der Waals surface area contributed by atoms with Crippen molar-refractivity contribution in [1.82, 2.24) is 0 Å². The zero-order valence-electron chi connectivity index (χ0n) is 10.0. The average Bonchev–Trinajstić information content (AvgIpc) is 2.30. The zero-order valence-corrected chi connectivity index (χ0v) is 10.0. The van der Waals surface area contributed by atoms with Crippen molar-refractivity contribution in [2.75, 3.05) is 0 Å². The molecule has 0 saturated heterocycles. The molecule has 2 saturated carbocycles. The fourth-order valence-electron chi connectivity index (χ4n) is 3.50. The summed E-state index contributed by atoms with van der Waals surface area (Å²) >= 11 is 0. The summed E-state index contributed by atoms with van der Waals surface area (Å²) in [6.07, 6.45) is 11.3. The lowest BCUT2D eigenvalue weighted by Crippen LogP contribution is -2.25. The molecule has 0 aliphatic heterocycles. The van der Waals surface area contributed by atoms with Gasteiger partial charge in [0.2, 0.25) is 0 Å². The Bertz CT molecular complexity index is 203. The van der Waals surface area contributed by atoms with Gasteiger partial charge in [-0.05, 0) is 43.4 Å². The number of rotatable bonds is 2. The molecular weight excluding hydrogens is 184 g/mol. The summed E-state index contributed by atoms with van der Waals surface area (Å²) in [5.41, 5.74) is 0. The summed E-state index contributed by atoms with van der Waals surface area (Å²) in [5.74, 6) is 3.36. The highest BCUT2D eigenvalue weighted by Gasteiger charge is 2.29. The molecule has 2 fully saturated rings. The lowest BCUT2D eigenvalue weighted by molar-refractivity contribution is -0.121. The van der Waals surface area contributed by atoms with Crippen LogP contribution in [-0.4, -0.2) is 5.78 Å². The van der Waals surface area contributed by atoms with Crippen LogP contribution in [0.5, 0.6) is 0 Å². The Morgan fingerprint density at radius 2 is 1.47 bits per heavy atom. The van der Waals surface area contributed by atoms with Gasteiger partial charge in [-0.1, -0.05) is 26.2 Å². The van der Waals surface area contributed by atoms with Crippen LogP contribution in [0.25, 0.3) is 0 Å². The Labute approximate surface area is 93.6 Å². The fourth-order valence-corrected chi connectivity index (χ4v) is 3.50. The van der Waals surface area contributed by atoms with E-state index in [9.17, 15) is 4.79 Å². The van der Waals surface area contributed by atoms with Crippen LogP contribution in [0, 0.1) is 17.8 Å². The van der Waals surface area contributed by atoms with E-state index in [1.54, 1.807) is 0 Å². The van der Waals surface area contributed by atoms with Gasteiger partial charge < -0.3 is 0 Å². The number of hydrogen-bond donors (Lipinski definition) is 0. The summed E-state index contributed by atoms with van der Waals surface area (Å²) in [6, 6.07) is 0. The number of carbonyl (C=O) groups excluding carboxylic acids is 1. The van der Waals surface area contributed by atoms with E-state index in [1.165, 1.54) is 44.9 Å². The molecule has 0 amide bonds. The number of hydrogen-bond acceptors (Lipinski definition) is 1. The molecule has 86 valence electrons. The van der Waals surface area contributed by atoms with Crippen molar-refractivity contribution in [3.05, 3.63) is 0 Å². The van der Waals surface area contributed by atoms with Crippen molar-refractivity contribution in [1.29, 1.82) is 0 Å². The molecule has 0 unspecified atom stereocenters. The van der Waals surface area contributed by atoms with Crippen molar-refractivity contribution in [2.24, 2.45) is 17.8 Å². The molecule has 15 heavy (non-hydrogen) atoms. The largest absolute Gasteiger partial charge is 0.300 e. The maximum Gasteiger partial charge on any atom is 0.132 e. The summed E-state index contributed by atoms with van der Waals surface area (Å²) < 4.78 is 0. The van der Waals surface area contributed by atoms with Crippen molar-refractivity contribution >= 4 is 5.78 Å². The second-order valence-corrected chi connectivity index (χ2v) is 5.57. The molecule has 1 heteroatoms. The molecule has 0 aromatic rings. The lowest BCUT2D eigenvalue weighted by Gasteiger charge is -2.35. The predicted molar refractivity (Wildman–Crippen MR) is 62.7 cm³/mol. The van der Waals surface area contributed by atoms with Crippen LogP contribution in [0.1, 0.15) is 64.7 Å². The SMILES string of the molecule is CCC1CCC(C2CCC(=O)CC2)CC1. The van der Waals surface area contributed by atoms with Crippen molar-refractivity contribution in [2.45, 2.75) is 64.7 Å². The molecule has 0 aromatic heterocycles. The van der Waals surface area contributed by atoms with Crippen LogP contribution in [0.2, 0.25) is 0 Å². The highest BCUT2D eigenvalue weighted by Crippen LogP contribution is 2.39. The summed E-state index contributed by atoms with van der Waals surface area (Å²) in [6.45, 7) is 2.32. The van der Waals surface area contributed by atoms with Gasteiger partial charge in [0, 0.05) is 12.8 Å². The minimum atomic E-state index is 0.508. The van der Waals surface area contributed by atoms with Gasteiger partial charge in [-0.15, -0.1) is 0 Å². The van der Waals surface area contributed by atoms with Crippen molar-refractivity contribution in [3.63, 3.8) is 0 Å². The first-order valence-corrected chi connectivity index (χ1v) is 6.81. The lowest BCUT2D eigenvalue weighted by atomic mass is 9.70. The van der Waals surface area contributed by atoms with Gasteiger partial charge in [-0.25, -0.2) is 0 Å². The van der Waals surface area contributed by atoms with Crippen LogP contribution in [0.4, 0.5) is 0 Å². The van der Waals surface area contributed by atoms with Gasteiger partial charge in [0.1, 0.15) is 5.78 Å². The average molecular weight is 208 g/mol. The summed E-state index contributed by atoms with van der Waals surface area (Å²) in [7, 11) is 0. The molecule has 2 rings (SSSR count). The van der Waals surface area contributed by atoms with Crippen LogP contribution >= 0.6 is 0 Å². The Kier molecular flexibility index (Phi) is 3.82. The second kappa shape index (κ2) is 5.14. The van der Waals surface area contributed by atoms with E-state index in [1.807, 2.05) is 0 Å². The second-order valence-electron chi connectivity index (χ2n) is 5.57. The van der Waals surface area contributed by atoms with Crippen molar-refractivity contribution in [3.8, 4) is 0 Å². The molecule has 0 N–H and O–H groups in total. The van der Waals surface area contributed by atoms with E-state index in [2.05, 4.69) is 6.92 Å². The minimum Gasteiger partial charge on any atom is -0.300 e. The van der Waals surface area contributed by atoms with Gasteiger partial charge in [0.05, 0.1) is 0 Å². The minimum absolute atomic E-state index is 0.508. The van der Waals surface area contributed by atoms with E-state index in [0.29, 0.717) is 5.78 Å². The van der Waals surface area contributed by atoms with E-state index >= 15 is 0 Å². The fraction of sp³-hybridized carbons (Fsp3) is 0.929. The maximum atomic E-state index is 11.2. The van der Waals surface area contributed by atoms with E-state index in [-0.39, 0.29) is 0 Å². The van der Waals surface area contributed by atoms with Crippen LogP contribution in [0.3, 0.4) is 0 Å². The molecule has 0 radical (unpaired) electrons. The van der Waals surface area contributed by atoms with Gasteiger partial charge in [-0.2, -0.15) is 0 Å². The van der Waals surface area contributed by atoms with E-state index < -0.39 is 0 Å². The third kappa shape index (κ3) is 2.83. The topological polar surface area (TPSA) is 17.1 Å². The van der Waals surface area contributed by atoms with Crippen LogP contribution in [-0.2, 0) is 4.79 Å².